The molecular formula is C16H11ClN2O2S. The van der Waals surface area contributed by atoms with Gasteiger partial charge < -0.3 is 0 Å². The number of nitrogens with zero attached hydrogens (tertiary/aromatic N) is 2. The molecule has 2 heterocycles. The molecule has 22 heavy (non-hydrogen) atoms. The average molecular weight is 331 g/mol. The van der Waals surface area contributed by atoms with Crippen LogP contribution in [0.25, 0.3) is 22.3 Å². The Morgan fingerprint density at radius 3 is 1.45 bits per heavy atom. The van der Waals surface area contributed by atoms with Gasteiger partial charge in [-0.05, 0) is 64.7 Å². The Labute approximate surface area is 132 Å². The normalized spacial score (nSPS) is 11.3. The molecule has 0 bridgehead atoms. The van der Waals surface area contributed by atoms with Crippen LogP contribution in [0.4, 0.5) is 0 Å². The first-order valence-corrected chi connectivity index (χ1v) is 8.75. The maximum Gasteiger partial charge on any atom is 0.261 e. The van der Waals surface area contributed by atoms with E-state index < -0.39 is 9.05 Å². The Bertz CT molecular complexity index is 840. The van der Waals surface area contributed by atoms with Gasteiger partial charge in [0.2, 0.25) is 0 Å². The van der Waals surface area contributed by atoms with E-state index in [2.05, 4.69) is 9.97 Å². The molecule has 0 fully saturated rings. The molecule has 110 valence electrons. The number of hydrogen-bond donors (Lipinski definition) is 0. The number of halogens is 1. The topological polar surface area (TPSA) is 59.9 Å². The molecule has 3 rings (SSSR count). The summed E-state index contributed by atoms with van der Waals surface area (Å²) in [5, 5.41) is 0. The molecule has 0 spiro atoms. The van der Waals surface area contributed by atoms with Crippen LogP contribution >= 0.6 is 10.7 Å². The third kappa shape index (κ3) is 3.16. The first-order valence-electron chi connectivity index (χ1n) is 6.44. The maximum atomic E-state index is 11.7. The minimum absolute atomic E-state index is 0.0651. The van der Waals surface area contributed by atoms with Gasteiger partial charge in [0.1, 0.15) is 0 Å². The summed E-state index contributed by atoms with van der Waals surface area (Å²) in [6.07, 6.45) is 6.62. The lowest BCUT2D eigenvalue weighted by Gasteiger charge is -2.08. The van der Waals surface area contributed by atoms with E-state index in [0.717, 1.165) is 22.3 Å². The van der Waals surface area contributed by atoms with Crippen molar-refractivity contribution in [2.75, 3.05) is 0 Å². The first kappa shape index (κ1) is 14.7. The fourth-order valence-electron chi connectivity index (χ4n) is 2.16. The van der Waals surface area contributed by atoms with Crippen molar-refractivity contribution in [2.45, 2.75) is 4.90 Å². The molecule has 0 aliphatic heterocycles. The van der Waals surface area contributed by atoms with Crippen molar-refractivity contribution in [2.24, 2.45) is 0 Å². The molecule has 0 N–H and O–H groups in total. The van der Waals surface area contributed by atoms with E-state index in [0.29, 0.717) is 0 Å². The highest BCUT2D eigenvalue weighted by Gasteiger charge is 2.14. The van der Waals surface area contributed by atoms with Crippen LogP contribution in [0.1, 0.15) is 0 Å². The maximum absolute atomic E-state index is 11.7. The SMILES string of the molecule is O=S(=O)(Cl)c1cc(-c2ccncc2)cc(-c2ccncc2)c1. The van der Waals surface area contributed by atoms with E-state index in [1.807, 2.05) is 30.3 Å². The Morgan fingerprint density at radius 2 is 1.09 bits per heavy atom. The van der Waals surface area contributed by atoms with Gasteiger partial charge in [0.05, 0.1) is 4.90 Å². The number of aromatic nitrogens is 2. The Kier molecular flexibility index (Phi) is 3.92. The van der Waals surface area contributed by atoms with Crippen molar-refractivity contribution >= 4 is 19.7 Å². The van der Waals surface area contributed by atoms with E-state index in [1.165, 1.54) is 0 Å². The second-order valence-electron chi connectivity index (χ2n) is 4.66. The van der Waals surface area contributed by atoms with Gasteiger partial charge in [-0.2, -0.15) is 0 Å². The van der Waals surface area contributed by atoms with Crippen LogP contribution in [0.2, 0.25) is 0 Å². The third-order valence-corrected chi connectivity index (χ3v) is 4.55. The minimum Gasteiger partial charge on any atom is -0.265 e. The van der Waals surface area contributed by atoms with Gasteiger partial charge in [0.15, 0.2) is 0 Å². The van der Waals surface area contributed by atoms with Crippen LogP contribution < -0.4 is 0 Å². The number of pyridine rings is 2. The van der Waals surface area contributed by atoms with Gasteiger partial charge in [0.25, 0.3) is 9.05 Å². The van der Waals surface area contributed by atoms with Crippen molar-refractivity contribution in [3.05, 3.63) is 67.3 Å². The van der Waals surface area contributed by atoms with Crippen molar-refractivity contribution in [3.8, 4) is 22.3 Å². The predicted octanol–water partition coefficient (Wildman–Crippen LogP) is 3.74. The molecule has 3 aromatic rings. The van der Waals surface area contributed by atoms with Crippen LogP contribution in [0.15, 0.2) is 72.1 Å². The number of benzene rings is 1. The van der Waals surface area contributed by atoms with Gasteiger partial charge in [-0.15, -0.1) is 0 Å². The molecule has 0 unspecified atom stereocenters. The van der Waals surface area contributed by atoms with Crippen molar-refractivity contribution in [1.82, 2.24) is 9.97 Å². The van der Waals surface area contributed by atoms with Crippen LogP contribution in [0, 0.1) is 0 Å². The van der Waals surface area contributed by atoms with Crippen molar-refractivity contribution < 1.29 is 8.42 Å². The number of hydrogen-bond acceptors (Lipinski definition) is 4. The van der Waals surface area contributed by atoms with E-state index in [9.17, 15) is 8.42 Å². The van der Waals surface area contributed by atoms with Crippen LogP contribution in [0.5, 0.6) is 0 Å². The first-order chi connectivity index (χ1) is 10.5. The lowest BCUT2D eigenvalue weighted by atomic mass is 10.0. The molecule has 0 saturated carbocycles. The summed E-state index contributed by atoms with van der Waals surface area (Å²) in [7, 11) is 1.70. The zero-order valence-corrected chi connectivity index (χ0v) is 12.9. The molecule has 0 radical (unpaired) electrons. The molecule has 0 aliphatic rings. The zero-order chi connectivity index (χ0) is 15.6. The van der Waals surface area contributed by atoms with Gasteiger partial charge in [-0.3, -0.25) is 9.97 Å². The van der Waals surface area contributed by atoms with Gasteiger partial charge >= 0.3 is 0 Å². The lowest BCUT2D eigenvalue weighted by molar-refractivity contribution is 0.609. The molecule has 4 nitrogen and oxygen atoms in total. The van der Waals surface area contributed by atoms with Crippen molar-refractivity contribution in [1.29, 1.82) is 0 Å². The monoisotopic (exact) mass is 330 g/mol. The van der Waals surface area contributed by atoms with Gasteiger partial charge in [-0.1, -0.05) is 0 Å². The Balaban J connectivity index is 2.24. The highest BCUT2D eigenvalue weighted by atomic mass is 35.7. The Morgan fingerprint density at radius 1 is 0.682 bits per heavy atom. The number of rotatable bonds is 3. The summed E-state index contributed by atoms with van der Waals surface area (Å²) in [4.78, 5) is 8.01. The fraction of sp³-hybridized carbons (Fsp3) is 0. The second-order valence-corrected chi connectivity index (χ2v) is 7.22. The standard InChI is InChI=1S/C16H11ClN2O2S/c17-22(20,21)16-10-14(12-1-5-18-6-2-12)9-15(11-16)13-3-7-19-8-4-13/h1-11H. The minimum atomic E-state index is -3.82. The fourth-order valence-corrected chi connectivity index (χ4v) is 2.96. The van der Waals surface area contributed by atoms with E-state index in [4.69, 9.17) is 10.7 Å². The molecule has 0 atom stereocenters. The summed E-state index contributed by atoms with van der Waals surface area (Å²) >= 11 is 0. The highest BCUT2D eigenvalue weighted by Crippen LogP contribution is 2.30. The third-order valence-electron chi connectivity index (χ3n) is 3.22. The molecule has 6 heteroatoms. The molecule has 1 aromatic carbocycles. The van der Waals surface area contributed by atoms with E-state index in [-0.39, 0.29) is 4.90 Å². The van der Waals surface area contributed by atoms with Crippen molar-refractivity contribution in [3.63, 3.8) is 0 Å². The molecule has 2 aromatic heterocycles. The van der Waals surface area contributed by atoms with E-state index in [1.54, 1.807) is 36.9 Å². The molecular weight excluding hydrogens is 320 g/mol. The molecule has 0 aliphatic carbocycles. The summed E-state index contributed by atoms with van der Waals surface area (Å²) in [5.41, 5.74) is 3.26. The van der Waals surface area contributed by atoms with E-state index >= 15 is 0 Å². The largest absolute Gasteiger partial charge is 0.265 e. The van der Waals surface area contributed by atoms with Crippen LogP contribution in [-0.4, -0.2) is 18.4 Å². The predicted molar refractivity (Wildman–Crippen MR) is 85.9 cm³/mol. The van der Waals surface area contributed by atoms with Crippen LogP contribution in [-0.2, 0) is 9.05 Å². The summed E-state index contributed by atoms with van der Waals surface area (Å²) in [6.45, 7) is 0. The van der Waals surface area contributed by atoms with Gasteiger partial charge in [-0.25, -0.2) is 8.42 Å². The quantitative estimate of drug-likeness (QED) is 0.686. The summed E-state index contributed by atoms with van der Waals surface area (Å²) in [6, 6.07) is 12.3. The van der Waals surface area contributed by atoms with Crippen LogP contribution in [0.3, 0.4) is 0 Å². The molecule has 0 saturated heterocycles. The highest BCUT2D eigenvalue weighted by molar-refractivity contribution is 8.13. The summed E-state index contributed by atoms with van der Waals surface area (Å²) in [5.74, 6) is 0. The zero-order valence-electron chi connectivity index (χ0n) is 11.3. The Hall–Kier alpha value is -2.24. The smallest absolute Gasteiger partial charge is 0.261 e. The summed E-state index contributed by atoms with van der Waals surface area (Å²) < 4.78 is 23.5. The molecule has 0 amide bonds. The second kappa shape index (κ2) is 5.87. The lowest BCUT2D eigenvalue weighted by Crippen LogP contribution is -1.93. The van der Waals surface area contributed by atoms with Gasteiger partial charge in [0, 0.05) is 35.5 Å². The average Bonchev–Trinajstić information content (AvgIpc) is 2.55.